The van der Waals surface area contributed by atoms with Gasteiger partial charge in [-0.1, -0.05) is 41.5 Å². The molecule has 0 rings (SSSR count). The monoisotopic (exact) mass is 662 g/mol. The van der Waals surface area contributed by atoms with Gasteiger partial charge in [-0.05, 0) is 92.9 Å². The SMILES string of the molecule is CCC(C)(C)C(C)(C)OO/C=C(\C)C(=O)OC(C)OC(C)OC(=O)OC(C)OC(C)OC(=O)/C(C)=C/OOC(C)(C)C(C)(C)CC. The minimum atomic E-state index is -1.15. The average molecular weight is 663 g/mol. The molecule has 0 radical (unpaired) electrons. The number of hydrogen-bond donors (Lipinski definition) is 0. The molecule has 0 N–H and O–H groups in total. The standard InChI is InChI=1S/C33H58O13/c1-17-30(9,10)32(13,14)45-37-19-21(3)27(34)41-23(5)39-25(7)43-29(36)44-26(8)40-24(6)42-28(35)22(4)20-38-46-33(15,16)31(11,12)18-2/h19-20,23-26H,17-18H2,1-16H3/b21-19+,22-20+. The molecule has 0 aromatic heterocycles. The maximum absolute atomic E-state index is 12.4. The summed E-state index contributed by atoms with van der Waals surface area (Å²) in [5.41, 5.74) is -1.32. The van der Waals surface area contributed by atoms with E-state index in [9.17, 15) is 14.4 Å². The third-order valence-electron chi connectivity index (χ3n) is 8.47. The summed E-state index contributed by atoms with van der Waals surface area (Å²) in [5.74, 6) is -1.45. The quantitative estimate of drug-likeness (QED) is 0.0238. The summed E-state index contributed by atoms with van der Waals surface area (Å²) in [7, 11) is 0. The molecule has 13 heteroatoms. The largest absolute Gasteiger partial charge is 0.512 e. The molecule has 0 amide bonds. The van der Waals surface area contributed by atoms with Crippen molar-refractivity contribution in [3.05, 3.63) is 23.7 Å². The van der Waals surface area contributed by atoms with Gasteiger partial charge in [0.15, 0.2) is 0 Å². The van der Waals surface area contributed by atoms with Crippen molar-refractivity contribution in [2.24, 2.45) is 10.8 Å². The maximum Gasteiger partial charge on any atom is 0.512 e. The molecule has 268 valence electrons. The average Bonchev–Trinajstić information content (AvgIpc) is 2.91. The highest BCUT2D eigenvalue weighted by Gasteiger charge is 2.39. The molecule has 13 nitrogen and oxygen atoms in total. The first-order valence-corrected chi connectivity index (χ1v) is 15.5. The van der Waals surface area contributed by atoms with E-state index in [-0.39, 0.29) is 22.0 Å². The Hall–Kier alpha value is -2.87. The number of carbonyl (C=O) groups is 3. The van der Waals surface area contributed by atoms with E-state index in [1.165, 1.54) is 41.5 Å². The summed E-state index contributed by atoms with van der Waals surface area (Å²) in [6.45, 7) is 28.6. The second-order valence-electron chi connectivity index (χ2n) is 13.3. The molecule has 0 spiro atoms. The van der Waals surface area contributed by atoms with Gasteiger partial charge in [-0.25, -0.2) is 14.4 Å². The van der Waals surface area contributed by atoms with Gasteiger partial charge >= 0.3 is 18.1 Å². The van der Waals surface area contributed by atoms with Crippen molar-refractivity contribution in [3.8, 4) is 0 Å². The van der Waals surface area contributed by atoms with Gasteiger partial charge < -0.3 is 38.2 Å². The number of esters is 2. The van der Waals surface area contributed by atoms with Crippen molar-refractivity contribution in [2.75, 3.05) is 0 Å². The van der Waals surface area contributed by atoms with E-state index in [2.05, 4.69) is 41.5 Å². The molecule has 0 heterocycles. The minimum Gasteiger partial charge on any atom is -0.432 e. The molecule has 4 atom stereocenters. The number of carbonyl (C=O) groups excluding carboxylic acids is 3. The van der Waals surface area contributed by atoms with Gasteiger partial charge in [-0.3, -0.25) is 0 Å². The smallest absolute Gasteiger partial charge is 0.432 e. The second kappa shape index (κ2) is 18.5. The summed E-state index contributed by atoms with van der Waals surface area (Å²) in [5, 5.41) is 0. The predicted octanol–water partition coefficient (Wildman–Crippen LogP) is 7.78. The van der Waals surface area contributed by atoms with E-state index in [4.69, 9.17) is 48.0 Å². The van der Waals surface area contributed by atoms with Crippen LogP contribution in [0.25, 0.3) is 0 Å². The van der Waals surface area contributed by atoms with Crippen molar-refractivity contribution in [2.45, 2.75) is 160 Å². The second-order valence-corrected chi connectivity index (χ2v) is 13.3. The first-order valence-electron chi connectivity index (χ1n) is 15.5. The van der Waals surface area contributed by atoms with Crippen LogP contribution in [0.3, 0.4) is 0 Å². The van der Waals surface area contributed by atoms with Crippen molar-refractivity contribution in [1.82, 2.24) is 0 Å². The van der Waals surface area contributed by atoms with Crippen LogP contribution in [-0.4, -0.2) is 54.5 Å². The van der Waals surface area contributed by atoms with Gasteiger partial charge in [0.25, 0.3) is 0 Å². The van der Waals surface area contributed by atoms with Crippen LogP contribution >= 0.6 is 0 Å². The van der Waals surface area contributed by atoms with Crippen LogP contribution in [0.4, 0.5) is 4.79 Å². The first kappa shape index (κ1) is 43.1. The highest BCUT2D eigenvalue weighted by molar-refractivity contribution is 5.87. The lowest BCUT2D eigenvalue weighted by Gasteiger charge is -2.38. The molecule has 0 aliphatic rings. The molecular formula is C33H58O13. The lowest BCUT2D eigenvalue weighted by molar-refractivity contribution is -0.342. The molecule has 0 aromatic rings. The fourth-order valence-electron chi connectivity index (χ4n) is 3.04. The van der Waals surface area contributed by atoms with E-state index in [0.717, 1.165) is 25.4 Å². The zero-order chi connectivity index (χ0) is 36.1. The molecule has 0 saturated heterocycles. The van der Waals surface area contributed by atoms with Gasteiger partial charge in [0.05, 0.1) is 11.1 Å². The van der Waals surface area contributed by atoms with E-state index in [0.29, 0.717) is 0 Å². The highest BCUT2D eigenvalue weighted by atomic mass is 17.2. The van der Waals surface area contributed by atoms with Gasteiger partial charge in [-0.2, -0.15) is 9.78 Å². The molecule has 0 saturated carbocycles. The van der Waals surface area contributed by atoms with Gasteiger partial charge in [0, 0.05) is 0 Å². The third kappa shape index (κ3) is 14.7. The maximum atomic E-state index is 12.4. The third-order valence-corrected chi connectivity index (χ3v) is 8.47. The summed E-state index contributed by atoms with van der Waals surface area (Å²) in [6.07, 6.45) is -1.59. The molecule has 46 heavy (non-hydrogen) atoms. The Kier molecular flexibility index (Phi) is 17.3. The van der Waals surface area contributed by atoms with E-state index in [1.807, 2.05) is 27.7 Å². The Bertz CT molecular complexity index is 962. The van der Waals surface area contributed by atoms with Crippen LogP contribution < -0.4 is 0 Å². The zero-order valence-corrected chi connectivity index (χ0v) is 30.7. The van der Waals surface area contributed by atoms with Crippen molar-refractivity contribution < 1.29 is 62.4 Å². The Morgan fingerprint density at radius 1 is 0.543 bits per heavy atom. The Labute approximate surface area is 275 Å². The first-order chi connectivity index (χ1) is 20.9. The van der Waals surface area contributed by atoms with E-state index >= 15 is 0 Å². The van der Waals surface area contributed by atoms with Crippen LogP contribution in [0.5, 0.6) is 0 Å². The van der Waals surface area contributed by atoms with Crippen LogP contribution in [-0.2, 0) is 57.6 Å². The number of ether oxygens (including phenoxy) is 6. The molecule has 4 unspecified atom stereocenters. The van der Waals surface area contributed by atoms with Crippen LogP contribution in [0, 0.1) is 10.8 Å². The van der Waals surface area contributed by atoms with E-state index < -0.39 is 54.5 Å². The van der Waals surface area contributed by atoms with Crippen molar-refractivity contribution >= 4 is 18.1 Å². The molecule has 0 aromatic carbocycles. The Morgan fingerprint density at radius 3 is 1.11 bits per heavy atom. The highest BCUT2D eigenvalue weighted by Crippen LogP contribution is 2.37. The normalized spacial score (nSPS) is 16.1. The van der Waals surface area contributed by atoms with Gasteiger partial charge in [-0.15, -0.1) is 0 Å². The van der Waals surface area contributed by atoms with Gasteiger partial charge in [0.1, 0.15) is 23.7 Å². The molecule has 0 bridgehead atoms. The lowest BCUT2D eigenvalue weighted by Crippen LogP contribution is -2.40. The summed E-state index contributed by atoms with van der Waals surface area (Å²) in [4.78, 5) is 58.3. The summed E-state index contributed by atoms with van der Waals surface area (Å²) >= 11 is 0. The zero-order valence-electron chi connectivity index (χ0n) is 30.7. The topological polar surface area (TPSA) is 144 Å². The molecule has 0 aliphatic carbocycles. The van der Waals surface area contributed by atoms with Gasteiger partial charge in [0.2, 0.25) is 25.2 Å². The number of rotatable bonds is 20. The predicted molar refractivity (Wildman–Crippen MR) is 168 cm³/mol. The summed E-state index contributed by atoms with van der Waals surface area (Å²) in [6, 6.07) is 0. The Morgan fingerprint density at radius 2 is 0.826 bits per heavy atom. The molecular weight excluding hydrogens is 604 g/mol. The molecule has 0 aliphatic heterocycles. The van der Waals surface area contributed by atoms with Crippen molar-refractivity contribution in [3.63, 3.8) is 0 Å². The fourth-order valence-corrected chi connectivity index (χ4v) is 3.04. The minimum absolute atomic E-state index is 0.126. The van der Waals surface area contributed by atoms with Crippen LogP contribution in [0.1, 0.15) is 124 Å². The van der Waals surface area contributed by atoms with Crippen molar-refractivity contribution in [1.29, 1.82) is 0 Å². The number of hydrogen-bond acceptors (Lipinski definition) is 13. The van der Waals surface area contributed by atoms with Crippen LogP contribution in [0.2, 0.25) is 0 Å². The fraction of sp³-hybridized carbons (Fsp3) is 0.788. The lowest BCUT2D eigenvalue weighted by atomic mass is 9.75. The Balaban J connectivity index is 4.65. The van der Waals surface area contributed by atoms with Crippen LogP contribution in [0.15, 0.2) is 23.7 Å². The van der Waals surface area contributed by atoms with E-state index in [1.54, 1.807) is 0 Å². The molecule has 0 fully saturated rings. The summed E-state index contributed by atoms with van der Waals surface area (Å²) < 4.78 is 31.2.